The van der Waals surface area contributed by atoms with Crippen molar-refractivity contribution >= 4 is 0 Å². The maximum absolute atomic E-state index is 9.27. The summed E-state index contributed by atoms with van der Waals surface area (Å²) in [6.45, 7) is 2.11. The molecular weight excluding hydrogens is 148 g/mol. The van der Waals surface area contributed by atoms with E-state index in [1.165, 1.54) is 24.0 Å². The van der Waals surface area contributed by atoms with Gasteiger partial charge in [-0.1, -0.05) is 6.07 Å². The number of phenols is 1. The van der Waals surface area contributed by atoms with E-state index in [2.05, 4.69) is 6.92 Å². The minimum atomic E-state index is 0.399. The lowest BCUT2D eigenvalue weighted by molar-refractivity contribution is 0.474. The van der Waals surface area contributed by atoms with Crippen molar-refractivity contribution in [3.63, 3.8) is 0 Å². The molecule has 0 radical (unpaired) electrons. The standard InChI is InChI=1S/C11H14O/c1-8-2-5-11(12)7-10(8)6-9-3-4-9/h2,5,7,9,12H,3-4,6H2,1H3. The normalized spacial score (nSPS) is 16.4. The van der Waals surface area contributed by atoms with Gasteiger partial charge in [0, 0.05) is 0 Å². The number of rotatable bonds is 2. The Morgan fingerprint density at radius 2 is 2.17 bits per heavy atom. The Bertz CT molecular complexity index is 287. The third-order valence-electron chi connectivity index (χ3n) is 2.54. The molecule has 0 unspecified atom stereocenters. The van der Waals surface area contributed by atoms with Gasteiger partial charge in [0.05, 0.1) is 0 Å². The van der Waals surface area contributed by atoms with Crippen LogP contribution in [0.5, 0.6) is 5.75 Å². The predicted octanol–water partition coefficient (Wildman–Crippen LogP) is 2.65. The van der Waals surface area contributed by atoms with Crippen LogP contribution in [0.2, 0.25) is 0 Å². The summed E-state index contributed by atoms with van der Waals surface area (Å²) in [5.41, 5.74) is 2.62. The highest BCUT2D eigenvalue weighted by atomic mass is 16.3. The molecule has 0 spiro atoms. The molecule has 1 aliphatic carbocycles. The Labute approximate surface area is 73.0 Å². The fraction of sp³-hybridized carbons (Fsp3) is 0.455. The molecule has 0 heterocycles. The van der Waals surface area contributed by atoms with Gasteiger partial charge in [0.25, 0.3) is 0 Å². The van der Waals surface area contributed by atoms with Crippen LogP contribution in [0.25, 0.3) is 0 Å². The second kappa shape index (κ2) is 2.81. The monoisotopic (exact) mass is 162 g/mol. The summed E-state index contributed by atoms with van der Waals surface area (Å²) >= 11 is 0. The molecule has 12 heavy (non-hydrogen) atoms. The van der Waals surface area contributed by atoms with Crippen LogP contribution < -0.4 is 0 Å². The van der Waals surface area contributed by atoms with E-state index in [9.17, 15) is 5.11 Å². The molecule has 0 aromatic heterocycles. The molecule has 1 N–H and O–H groups in total. The van der Waals surface area contributed by atoms with Crippen LogP contribution in [0, 0.1) is 12.8 Å². The molecule has 0 atom stereocenters. The van der Waals surface area contributed by atoms with Crippen molar-refractivity contribution in [3.05, 3.63) is 29.3 Å². The van der Waals surface area contributed by atoms with E-state index < -0.39 is 0 Å². The maximum atomic E-state index is 9.27. The van der Waals surface area contributed by atoms with E-state index in [1.54, 1.807) is 6.07 Å². The van der Waals surface area contributed by atoms with Gasteiger partial charge in [-0.05, 0) is 55.4 Å². The van der Waals surface area contributed by atoms with E-state index in [0.717, 1.165) is 12.3 Å². The summed E-state index contributed by atoms with van der Waals surface area (Å²) in [4.78, 5) is 0. The minimum absolute atomic E-state index is 0.399. The minimum Gasteiger partial charge on any atom is -0.508 e. The first kappa shape index (κ1) is 7.66. The van der Waals surface area contributed by atoms with E-state index in [4.69, 9.17) is 0 Å². The van der Waals surface area contributed by atoms with Crippen molar-refractivity contribution in [1.29, 1.82) is 0 Å². The van der Waals surface area contributed by atoms with Gasteiger partial charge in [-0.15, -0.1) is 0 Å². The average Bonchev–Trinajstić information content (AvgIpc) is 2.81. The maximum Gasteiger partial charge on any atom is 0.115 e. The van der Waals surface area contributed by atoms with Gasteiger partial charge in [-0.3, -0.25) is 0 Å². The topological polar surface area (TPSA) is 20.2 Å². The Morgan fingerprint density at radius 3 is 2.83 bits per heavy atom. The van der Waals surface area contributed by atoms with Crippen molar-refractivity contribution in [2.75, 3.05) is 0 Å². The van der Waals surface area contributed by atoms with E-state index in [-0.39, 0.29) is 0 Å². The first-order valence-electron chi connectivity index (χ1n) is 4.54. The molecule has 1 aliphatic rings. The van der Waals surface area contributed by atoms with Gasteiger partial charge in [-0.2, -0.15) is 0 Å². The highest BCUT2D eigenvalue weighted by Gasteiger charge is 2.22. The number of phenolic OH excluding ortho intramolecular Hbond substituents is 1. The van der Waals surface area contributed by atoms with Crippen molar-refractivity contribution in [3.8, 4) is 5.75 Å². The van der Waals surface area contributed by atoms with Crippen molar-refractivity contribution in [1.82, 2.24) is 0 Å². The SMILES string of the molecule is Cc1ccc(O)cc1CC1CC1. The zero-order chi connectivity index (χ0) is 8.55. The van der Waals surface area contributed by atoms with Gasteiger partial charge in [0.15, 0.2) is 0 Å². The lowest BCUT2D eigenvalue weighted by Gasteiger charge is -2.04. The van der Waals surface area contributed by atoms with Crippen LogP contribution in [0.3, 0.4) is 0 Å². The molecule has 1 aromatic carbocycles. The van der Waals surface area contributed by atoms with Gasteiger partial charge in [0.1, 0.15) is 5.75 Å². The number of benzene rings is 1. The molecule has 0 aliphatic heterocycles. The van der Waals surface area contributed by atoms with E-state index >= 15 is 0 Å². The van der Waals surface area contributed by atoms with Crippen LogP contribution in [-0.2, 0) is 6.42 Å². The molecule has 2 rings (SSSR count). The smallest absolute Gasteiger partial charge is 0.115 e. The summed E-state index contributed by atoms with van der Waals surface area (Å²) in [5.74, 6) is 1.29. The summed E-state index contributed by atoms with van der Waals surface area (Å²) in [5, 5.41) is 9.27. The molecule has 1 saturated carbocycles. The predicted molar refractivity (Wildman–Crippen MR) is 49.3 cm³/mol. The summed E-state index contributed by atoms with van der Waals surface area (Å²) < 4.78 is 0. The second-order valence-corrected chi connectivity index (χ2v) is 3.76. The van der Waals surface area contributed by atoms with Crippen LogP contribution in [0.4, 0.5) is 0 Å². The fourth-order valence-corrected chi connectivity index (χ4v) is 1.51. The molecule has 0 amide bonds. The third-order valence-corrected chi connectivity index (χ3v) is 2.54. The van der Waals surface area contributed by atoms with Crippen LogP contribution >= 0.6 is 0 Å². The molecule has 1 heteroatoms. The number of hydrogen-bond acceptors (Lipinski definition) is 1. The Hall–Kier alpha value is -0.980. The van der Waals surface area contributed by atoms with Crippen molar-refractivity contribution < 1.29 is 5.11 Å². The Morgan fingerprint density at radius 1 is 1.42 bits per heavy atom. The molecule has 1 aromatic rings. The van der Waals surface area contributed by atoms with Crippen LogP contribution in [-0.4, -0.2) is 5.11 Å². The highest BCUT2D eigenvalue weighted by Crippen LogP contribution is 2.34. The zero-order valence-electron chi connectivity index (χ0n) is 7.38. The first-order valence-corrected chi connectivity index (χ1v) is 4.54. The Balaban J connectivity index is 2.21. The molecule has 64 valence electrons. The van der Waals surface area contributed by atoms with Gasteiger partial charge < -0.3 is 5.11 Å². The first-order chi connectivity index (χ1) is 5.75. The second-order valence-electron chi connectivity index (χ2n) is 3.76. The lowest BCUT2D eigenvalue weighted by atomic mass is 10.0. The van der Waals surface area contributed by atoms with Crippen LogP contribution in [0.15, 0.2) is 18.2 Å². The fourth-order valence-electron chi connectivity index (χ4n) is 1.51. The number of aryl methyl sites for hydroxylation is 1. The highest BCUT2D eigenvalue weighted by molar-refractivity contribution is 5.34. The van der Waals surface area contributed by atoms with Crippen molar-refractivity contribution in [2.24, 2.45) is 5.92 Å². The molecule has 0 bridgehead atoms. The molecule has 0 saturated heterocycles. The summed E-state index contributed by atoms with van der Waals surface area (Å²) in [6.07, 6.45) is 3.89. The largest absolute Gasteiger partial charge is 0.508 e. The van der Waals surface area contributed by atoms with Gasteiger partial charge in [0.2, 0.25) is 0 Å². The lowest BCUT2D eigenvalue weighted by Crippen LogP contribution is -1.90. The summed E-state index contributed by atoms with van der Waals surface area (Å²) in [7, 11) is 0. The van der Waals surface area contributed by atoms with Crippen LogP contribution in [0.1, 0.15) is 24.0 Å². The van der Waals surface area contributed by atoms with E-state index in [1.807, 2.05) is 12.1 Å². The van der Waals surface area contributed by atoms with E-state index in [0.29, 0.717) is 5.75 Å². The third kappa shape index (κ3) is 1.60. The van der Waals surface area contributed by atoms with Gasteiger partial charge in [-0.25, -0.2) is 0 Å². The number of aromatic hydroxyl groups is 1. The summed E-state index contributed by atoms with van der Waals surface area (Å²) in [6, 6.07) is 5.65. The van der Waals surface area contributed by atoms with Crippen molar-refractivity contribution in [2.45, 2.75) is 26.2 Å². The van der Waals surface area contributed by atoms with Gasteiger partial charge >= 0.3 is 0 Å². The zero-order valence-corrected chi connectivity index (χ0v) is 7.38. The average molecular weight is 162 g/mol. The molecular formula is C11H14O. The number of hydrogen-bond donors (Lipinski definition) is 1. The quantitative estimate of drug-likeness (QED) is 0.708. The molecule has 1 nitrogen and oxygen atoms in total. The molecule has 1 fully saturated rings. The Kier molecular flexibility index (Phi) is 1.80.